The summed E-state index contributed by atoms with van der Waals surface area (Å²) in [4.78, 5) is 9.12. The molecule has 4 rings (SSSR count). The Morgan fingerprint density at radius 2 is 1.88 bits per heavy atom. The van der Waals surface area contributed by atoms with E-state index >= 15 is 0 Å². The molecule has 0 amide bonds. The van der Waals surface area contributed by atoms with Crippen molar-refractivity contribution in [2.45, 2.75) is 19.3 Å². The molecule has 25 heavy (non-hydrogen) atoms. The lowest BCUT2D eigenvalue weighted by atomic mass is 9.93. The van der Waals surface area contributed by atoms with Gasteiger partial charge in [0.15, 0.2) is 5.82 Å². The molecule has 0 radical (unpaired) electrons. The van der Waals surface area contributed by atoms with Crippen LogP contribution in [0.2, 0.25) is 0 Å². The van der Waals surface area contributed by atoms with E-state index in [-0.39, 0.29) is 0 Å². The topological polar surface area (TPSA) is 54.4 Å². The minimum Gasteiger partial charge on any atom is -0.378 e. The van der Waals surface area contributed by atoms with Crippen molar-refractivity contribution >= 4 is 11.6 Å². The predicted octanol–water partition coefficient (Wildman–Crippen LogP) is 2.17. The molecule has 2 aromatic rings. The van der Waals surface area contributed by atoms with Gasteiger partial charge in [0.25, 0.3) is 0 Å². The maximum atomic E-state index is 5.39. The Kier molecular flexibility index (Phi) is 5.06. The Morgan fingerprint density at radius 3 is 2.64 bits per heavy atom. The normalized spacial score (nSPS) is 21.4. The molecule has 2 aromatic heterocycles. The Bertz CT molecular complexity index is 657. The summed E-state index contributed by atoms with van der Waals surface area (Å²) in [7, 11) is 0. The standard InChI is InChI=1S/C19H25N5O/c1-2-8-20-18(5-1)24-9-3-4-16(15-24)14-17-6-7-19(22-21-17)23-10-12-25-13-11-23/h1-2,5-8,16H,3-4,9-15H2/t16-/m0/s1. The van der Waals surface area contributed by atoms with E-state index in [1.807, 2.05) is 12.3 Å². The largest absolute Gasteiger partial charge is 0.378 e. The van der Waals surface area contributed by atoms with E-state index in [9.17, 15) is 0 Å². The summed E-state index contributed by atoms with van der Waals surface area (Å²) in [6, 6.07) is 10.4. The van der Waals surface area contributed by atoms with E-state index in [2.05, 4.69) is 49.2 Å². The molecule has 0 bridgehead atoms. The van der Waals surface area contributed by atoms with Gasteiger partial charge in [-0.3, -0.25) is 0 Å². The lowest BCUT2D eigenvalue weighted by Crippen LogP contribution is -2.37. The molecule has 2 fully saturated rings. The van der Waals surface area contributed by atoms with E-state index in [1.54, 1.807) is 0 Å². The summed E-state index contributed by atoms with van der Waals surface area (Å²) < 4.78 is 5.39. The van der Waals surface area contributed by atoms with Gasteiger partial charge >= 0.3 is 0 Å². The van der Waals surface area contributed by atoms with Crippen LogP contribution in [0.1, 0.15) is 18.5 Å². The summed E-state index contributed by atoms with van der Waals surface area (Å²) >= 11 is 0. The van der Waals surface area contributed by atoms with Crippen LogP contribution in [0, 0.1) is 5.92 Å². The fraction of sp³-hybridized carbons (Fsp3) is 0.526. The fourth-order valence-electron chi connectivity index (χ4n) is 3.70. The molecule has 1 atom stereocenters. The third-order valence-corrected chi connectivity index (χ3v) is 5.03. The van der Waals surface area contributed by atoms with Crippen molar-refractivity contribution in [3.63, 3.8) is 0 Å². The summed E-state index contributed by atoms with van der Waals surface area (Å²) in [5, 5.41) is 8.92. The minimum absolute atomic E-state index is 0.610. The first-order chi connectivity index (χ1) is 12.4. The van der Waals surface area contributed by atoms with Crippen molar-refractivity contribution in [1.29, 1.82) is 0 Å². The first-order valence-corrected chi connectivity index (χ1v) is 9.20. The Morgan fingerprint density at radius 1 is 0.960 bits per heavy atom. The molecule has 4 heterocycles. The predicted molar refractivity (Wildman–Crippen MR) is 97.9 cm³/mol. The van der Waals surface area contributed by atoms with Crippen molar-refractivity contribution in [3.8, 4) is 0 Å². The van der Waals surface area contributed by atoms with Gasteiger partial charge in [-0.2, -0.15) is 5.10 Å². The van der Waals surface area contributed by atoms with Crippen LogP contribution in [0.3, 0.4) is 0 Å². The smallest absolute Gasteiger partial charge is 0.151 e. The number of pyridine rings is 1. The van der Waals surface area contributed by atoms with Crippen LogP contribution in [0.15, 0.2) is 36.5 Å². The summed E-state index contributed by atoms with van der Waals surface area (Å²) in [5.41, 5.74) is 1.09. The van der Waals surface area contributed by atoms with Gasteiger partial charge in [-0.25, -0.2) is 4.98 Å². The van der Waals surface area contributed by atoms with Crippen LogP contribution in [-0.4, -0.2) is 54.6 Å². The van der Waals surface area contributed by atoms with E-state index < -0.39 is 0 Å². The summed E-state index contributed by atoms with van der Waals surface area (Å²) in [6.45, 7) is 5.48. The number of morpholine rings is 1. The highest BCUT2D eigenvalue weighted by atomic mass is 16.5. The highest BCUT2D eigenvalue weighted by Gasteiger charge is 2.22. The molecule has 0 saturated carbocycles. The second-order valence-corrected chi connectivity index (χ2v) is 6.83. The molecule has 0 aliphatic carbocycles. The minimum atomic E-state index is 0.610. The van der Waals surface area contributed by atoms with Gasteiger partial charge in [0, 0.05) is 32.4 Å². The van der Waals surface area contributed by atoms with E-state index in [0.29, 0.717) is 5.92 Å². The van der Waals surface area contributed by atoms with E-state index in [1.165, 1.54) is 12.8 Å². The second-order valence-electron chi connectivity index (χ2n) is 6.83. The van der Waals surface area contributed by atoms with Gasteiger partial charge < -0.3 is 14.5 Å². The average molecular weight is 339 g/mol. The molecule has 0 unspecified atom stereocenters. The molecule has 0 spiro atoms. The molecule has 0 N–H and O–H groups in total. The van der Waals surface area contributed by atoms with E-state index in [4.69, 9.17) is 4.74 Å². The third kappa shape index (κ3) is 4.07. The first kappa shape index (κ1) is 16.3. The monoisotopic (exact) mass is 339 g/mol. The molecule has 6 nitrogen and oxygen atoms in total. The Hall–Kier alpha value is -2.21. The van der Waals surface area contributed by atoms with Crippen LogP contribution in [0.25, 0.3) is 0 Å². The number of nitrogens with zero attached hydrogens (tertiary/aromatic N) is 5. The first-order valence-electron chi connectivity index (χ1n) is 9.20. The zero-order valence-corrected chi connectivity index (χ0v) is 14.5. The molecular weight excluding hydrogens is 314 g/mol. The fourth-order valence-corrected chi connectivity index (χ4v) is 3.70. The molecule has 2 aliphatic rings. The maximum Gasteiger partial charge on any atom is 0.151 e. The molecule has 132 valence electrons. The number of anilines is 2. The van der Waals surface area contributed by atoms with Crippen LogP contribution in [-0.2, 0) is 11.2 Å². The molecular formula is C19H25N5O. The molecule has 6 heteroatoms. The van der Waals surface area contributed by atoms with Crippen LogP contribution >= 0.6 is 0 Å². The Balaban J connectivity index is 1.36. The zero-order valence-electron chi connectivity index (χ0n) is 14.5. The average Bonchev–Trinajstić information content (AvgIpc) is 2.70. The maximum absolute atomic E-state index is 5.39. The lowest BCUT2D eigenvalue weighted by Gasteiger charge is -2.33. The van der Waals surface area contributed by atoms with Crippen molar-refractivity contribution < 1.29 is 4.74 Å². The van der Waals surface area contributed by atoms with Crippen LogP contribution < -0.4 is 9.80 Å². The highest BCUT2D eigenvalue weighted by Crippen LogP contribution is 2.24. The van der Waals surface area contributed by atoms with Crippen molar-refractivity contribution in [2.75, 3.05) is 49.2 Å². The van der Waals surface area contributed by atoms with Crippen LogP contribution in [0.5, 0.6) is 0 Å². The van der Waals surface area contributed by atoms with Gasteiger partial charge in [0.05, 0.1) is 18.9 Å². The number of hydrogen-bond acceptors (Lipinski definition) is 6. The summed E-state index contributed by atoms with van der Waals surface area (Å²) in [6.07, 6.45) is 5.31. The number of hydrogen-bond donors (Lipinski definition) is 0. The number of piperidine rings is 1. The van der Waals surface area contributed by atoms with Gasteiger partial charge in [0.2, 0.25) is 0 Å². The summed E-state index contributed by atoms with van der Waals surface area (Å²) in [5.74, 6) is 2.66. The van der Waals surface area contributed by atoms with Crippen molar-refractivity contribution in [1.82, 2.24) is 15.2 Å². The van der Waals surface area contributed by atoms with Gasteiger partial charge in [-0.15, -0.1) is 5.10 Å². The number of rotatable bonds is 4. The third-order valence-electron chi connectivity index (χ3n) is 5.03. The van der Waals surface area contributed by atoms with Crippen LogP contribution in [0.4, 0.5) is 11.6 Å². The quantitative estimate of drug-likeness (QED) is 0.851. The SMILES string of the molecule is c1ccc(N2CCC[C@@H](Cc3ccc(N4CCOCC4)nn3)C2)nc1. The highest BCUT2D eigenvalue weighted by molar-refractivity contribution is 5.39. The number of ether oxygens (including phenoxy) is 1. The van der Waals surface area contributed by atoms with E-state index in [0.717, 1.165) is 63.1 Å². The lowest BCUT2D eigenvalue weighted by molar-refractivity contribution is 0.122. The van der Waals surface area contributed by atoms with Gasteiger partial charge in [0.1, 0.15) is 5.82 Å². The Labute approximate surface area is 148 Å². The zero-order chi connectivity index (χ0) is 16.9. The number of aromatic nitrogens is 3. The van der Waals surface area contributed by atoms with Gasteiger partial charge in [-0.05, 0) is 49.4 Å². The van der Waals surface area contributed by atoms with Crippen molar-refractivity contribution in [2.24, 2.45) is 5.92 Å². The van der Waals surface area contributed by atoms with Crippen molar-refractivity contribution in [3.05, 3.63) is 42.2 Å². The molecule has 2 saturated heterocycles. The molecule has 2 aliphatic heterocycles. The van der Waals surface area contributed by atoms with Gasteiger partial charge in [-0.1, -0.05) is 6.07 Å². The second kappa shape index (κ2) is 7.78. The molecule has 0 aromatic carbocycles.